The predicted octanol–water partition coefficient (Wildman–Crippen LogP) is 5.60. The number of hydrogen-bond donors (Lipinski definition) is 0. The first-order valence-electron chi connectivity index (χ1n) is 10.8. The number of esters is 1. The summed E-state index contributed by atoms with van der Waals surface area (Å²) < 4.78 is 10.7. The monoisotopic (exact) mass is 497 g/mol. The topological polar surface area (TPSA) is 72.0 Å². The van der Waals surface area contributed by atoms with Crippen molar-refractivity contribution in [2.75, 3.05) is 30.0 Å². The predicted molar refractivity (Wildman–Crippen MR) is 131 cm³/mol. The van der Waals surface area contributed by atoms with Crippen LogP contribution < -0.4 is 14.5 Å². The van der Waals surface area contributed by atoms with Crippen molar-refractivity contribution in [3.8, 4) is 11.5 Å². The number of para-hydroxylation sites is 2. The Balaban J connectivity index is 1.46. The van der Waals surface area contributed by atoms with Gasteiger partial charge in [-0.2, -0.15) is 0 Å². The maximum Gasteiger partial charge on any atom is 0.339 e. The summed E-state index contributed by atoms with van der Waals surface area (Å²) >= 11 is 12.6. The zero-order chi connectivity index (χ0) is 23.8. The summed E-state index contributed by atoms with van der Waals surface area (Å²) in [5, 5.41) is 0.279. The molecule has 0 bridgehead atoms. The molecule has 0 radical (unpaired) electrons. The fourth-order valence-corrected chi connectivity index (χ4v) is 4.56. The molecular weight excluding hydrogens is 477 g/mol. The number of ether oxygens (including phenoxy) is 2. The molecule has 1 aliphatic heterocycles. The summed E-state index contributed by atoms with van der Waals surface area (Å²) in [6.07, 6.45) is 5.37. The van der Waals surface area contributed by atoms with E-state index in [0.29, 0.717) is 18.2 Å². The van der Waals surface area contributed by atoms with E-state index in [-0.39, 0.29) is 33.0 Å². The number of benzene rings is 2. The van der Waals surface area contributed by atoms with E-state index in [1.54, 1.807) is 11.0 Å². The number of aromatic nitrogens is 1. The fraction of sp³-hybridized carbons (Fsp3) is 0.240. The average molecular weight is 498 g/mol. The first-order valence-corrected chi connectivity index (χ1v) is 11.6. The van der Waals surface area contributed by atoms with Gasteiger partial charge >= 0.3 is 5.97 Å². The van der Waals surface area contributed by atoms with Gasteiger partial charge in [0.05, 0.1) is 34.1 Å². The van der Waals surface area contributed by atoms with Crippen LogP contribution in [0.4, 0.5) is 11.4 Å². The smallest absolute Gasteiger partial charge is 0.339 e. The lowest BCUT2D eigenvalue weighted by Gasteiger charge is -2.38. The van der Waals surface area contributed by atoms with E-state index in [4.69, 9.17) is 32.7 Å². The van der Waals surface area contributed by atoms with Crippen molar-refractivity contribution >= 4 is 46.5 Å². The van der Waals surface area contributed by atoms with Crippen LogP contribution in [0.1, 0.15) is 33.6 Å². The Labute approximate surface area is 206 Å². The van der Waals surface area contributed by atoms with Crippen LogP contribution >= 0.6 is 23.2 Å². The quantitative estimate of drug-likeness (QED) is 0.427. The number of fused-ring (bicyclic) bond motifs is 1. The van der Waals surface area contributed by atoms with Gasteiger partial charge in [0.2, 0.25) is 0 Å². The lowest BCUT2D eigenvalue weighted by Crippen LogP contribution is -2.45. The number of nitrogens with zero attached hydrogens (tertiary/aromatic N) is 3. The Kier molecular flexibility index (Phi) is 6.06. The minimum absolute atomic E-state index is 0.123. The number of hydrogen-bond acceptors (Lipinski definition) is 6. The Bertz CT molecular complexity index is 1280. The van der Waals surface area contributed by atoms with Crippen LogP contribution in [0.15, 0.2) is 54.9 Å². The maximum absolute atomic E-state index is 13.7. The number of carbonyl (C=O) groups excluding carboxylic acids is 2. The molecule has 0 spiro atoms. The average Bonchev–Trinajstić information content (AvgIpc) is 3.70. The highest BCUT2D eigenvalue weighted by molar-refractivity contribution is 6.36. The standard InChI is InChI=1S/C25H21Cl2N3O4/c1-33-25(32)16-12-19(27)23(13-18(16)26)34-22-8-9-28-14-17(22)24(31)30-11-10-29(15-6-7-15)20-4-2-3-5-21(20)30/h2-5,8-9,12-15H,6-7,10-11H2,1H3. The molecule has 3 aromatic rings. The SMILES string of the molecule is COC(=O)c1cc(Cl)c(Oc2ccncc2C(=O)N2CCN(C3CC3)c3ccccc32)cc1Cl. The van der Waals surface area contributed by atoms with Gasteiger partial charge in [0.25, 0.3) is 5.91 Å². The number of amides is 1. The van der Waals surface area contributed by atoms with Gasteiger partial charge in [-0.25, -0.2) is 4.79 Å². The molecule has 0 unspecified atom stereocenters. The van der Waals surface area contributed by atoms with Crippen molar-refractivity contribution in [3.05, 3.63) is 76.0 Å². The van der Waals surface area contributed by atoms with Crippen molar-refractivity contribution in [2.45, 2.75) is 18.9 Å². The van der Waals surface area contributed by atoms with E-state index in [9.17, 15) is 9.59 Å². The highest BCUT2D eigenvalue weighted by Gasteiger charge is 2.36. The van der Waals surface area contributed by atoms with Crippen molar-refractivity contribution in [2.24, 2.45) is 0 Å². The molecule has 2 heterocycles. The Morgan fingerprint density at radius 1 is 0.971 bits per heavy atom. The first-order chi connectivity index (χ1) is 16.5. The highest BCUT2D eigenvalue weighted by Crippen LogP contribution is 2.41. The fourth-order valence-electron chi connectivity index (χ4n) is 4.13. The molecule has 1 fully saturated rings. The second-order valence-electron chi connectivity index (χ2n) is 8.10. The number of rotatable bonds is 5. The number of carbonyl (C=O) groups is 2. The van der Waals surface area contributed by atoms with Gasteiger partial charge in [-0.3, -0.25) is 9.78 Å². The van der Waals surface area contributed by atoms with Gasteiger partial charge in [-0.15, -0.1) is 0 Å². The molecule has 174 valence electrons. The van der Waals surface area contributed by atoms with E-state index >= 15 is 0 Å². The summed E-state index contributed by atoms with van der Waals surface area (Å²) in [6, 6.07) is 12.9. The minimum atomic E-state index is -0.609. The Morgan fingerprint density at radius 2 is 1.74 bits per heavy atom. The minimum Gasteiger partial charge on any atom is -0.465 e. The van der Waals surface area contributed by atoms with Crippen molar-refractivity contribution < 1.29 is 19.1 Å². The highest BCUT2D eigenvalue weighted by atomic mass is 35.5. The van der Waals surface area contributed by atoms with Crippen LogP contribution in [-0.4, -0.2) is 43.1 Å². The number of anilines is 2. The molecule has 1 aromatic heterocycles. The third kappa shape index (κ3) is 4.17. The zero-order valence-electron chi connectivity index (χ0n) is 18.3. The summed E-state index contributed by atoms with van der Waals surface area (Å²) in [4.78, 5) is 33.8. The van der Waals surface area contributed by atoms with Gasteiger partial charge in [-0.1, -0.05) is 35.3 Å². The molecule has 0 atom stereocenters. The summed E-state index contributed by atoms with van der Waals surface area (Å²) in [7, 11) is 1.26. The molecule has 2 aliphatic rings. The van der Waals surface area contributed by atoms with Crippen molar-refractivity contribution in [3.63, 3.8) is 0 Å². The van der Waals surface area contributed by atoms with Crippen LogP contribution in [0.25, 0.3) is 0 Å². The molecule has 7 nitrogen and oxygen atoms in total. The molecule has 1 saturated carbocycles. The lowest BCUT2D eigenvalue weighted by atomic mass is 10.1. The number of halogens is 2. The van der Waals surface area contributed by atoms with E-state index in [0.717, 1.165) is 17.9 Å². The second kappa shape index (κ2) is 9.16. The maximum atomic E-state index is 13.7. The van der Waals surface area contributed by atoms with Crippen LogP contribution in [0.5, 0.6) is 11.5 Å². The molecule has 2 aromatic carbocycles. The van der Waals surface area contributed by atoms with Gasteiger partial charge in [0.15, 0.2) is 0 Å². The number of methoxy groups -OCH3 is 1. The molecule has 0 saturated heterocycles. The van der Waals surface area contributed by atoms with Crippen molar-refractivity contribution in [1.29, 1.82) is 0 Å². The van der Waals surface area contributed by atoms with Gasteiger partial charge < -0.3 is 19.3 Å². The van der Waals surface area contributed by atoms with Crippen LogP contribution in [0.3, 0.4) is 0 Å². The Hall–Kier alpha value is -3.29. The third-order valence-electron chi connectivity index (χ3n) is 5.94. The normalized spacial score (nSPS) is 15.0. The summed E-state index contributed by atoms with van der Waals surface area (Å²) in [5.41, 5.74) is 2.34. The summed E-state index contributed by atoms with van der Waals surface area (Å²) in [6.45, 7) is 1.32. The molecule has 9 heteroatoms. The van der Waals surface area contributed by atoms with Gasteiger partial charge in [-0.05, 0) is 37.1 Å². The first kappa shape index (κ1) is 22.5. The van der Waals surface area contributed by atoms with E-state index in [1.807, 2.05) is 18.2 Å². The zero-order valence-corrected chi connectivity index (χ0v) is 19.8. The van der Waals surface area contributed by atoms with E-state index < -0.39 is 5.97 Å². The lowest BCUT2D eigenvalue weighted by molar-refractivity contribution is 0.0600. The van der Waals surface area contributed by atoms with Crippen LogP contribution in [-0.2, 0) is 4.74 Å². The molecule has 34 heavy (non-hydrogen) atoms. The van der Waals surface area contributed by atoms with Gasteiger partial charge in [0, 0.05) is 37.6 Å². The second-order valence-corrected chi connectivity index (χ2v) is 8.91. The van der Waals surface area contributed by atoms with Crippen LogP contribution in [0.2, 0.25) is 10.0 Å². The largest absolute Gasteiger partial charge is 0.465 e. The summed E-state index contributed by atoms with van der Waals surface area (Å²) in [5.74, 6) is -0.342. The van der Waals surface area contributed by atoms with Crippen molar-refractivity contribution in [1.82, 2.24) is 4.98 Å². The molecule has 1 aliphatic carbocycles. The molecule has 1 amide bonds. The van der Waals surface area contributed by atoms with Crippen LogP contribution in [0, 0.1) is 0 Å². The molecule has 5 rings (SSSR count). The molecule has 0 N–H and O–H groups in total. The third-order valence-corrected chi connectivity index (χ3v) is 6.55. The molecular formula is C25H21Cl2N3O4. The van der Waals surface area contributed by atoms with Gasteiger partial charge in [0.1, 0.15) is 17.1 Å². The number of pyridine rings is 1. The van der Waals surface area contributed by atoms with E-state index in [1.165, 1.54) is 44.5 Å². The Morgan fingerprint density at radius 3 is 2.47 bits per heavy atom. The van der Waals surface area contributed by atoms with E-state index in [2.05, 4.69) is 16.0 Å².